The Balaban J connectivity index is 2.06. The van der Waals surface area contributed by atoms with Crippen molar-refractivity contribution in [1.82, 2.24) is 10.2 Å². The van der Waals surface area contributed by atoms with Crippen LogP contribution in [-0.4, -0.2) is 51.4 Å². The molecular weight excluding hydrogens is 585 g/mol. The molecule has 1 N–H and O–H groups in total. The van der Waals surface area contributed by atoms with Crippen LogP contribution in [0.5, 0.6) is 5.75 Å². The maximum Gasteiger partial charge on any atom is 0.264 e. The fourth-order valence-electron chi connectivity index (χ4n) is 4.19. The van der Waals surface area contributed by atoms with Crippen molar-refractivity contribution in [2.75, 3.05) is 24.5 Å². The predicted octanol–water partition coefficient (Wildman–Crippen LogP) is 5.78. The van der Waals surface area contributed by atoms with E-state index in [1.165, 1.54) is 42.3 Å². The second-order valence-corrected chi connectivity index (χ2v) is 12.6. The van der Waals surface area contributed by atoms with Gasteiger partial charge in [-0.1, -0.05) is 74.3 Å². The Morgan fingerprint density at radius 3 is 2.20 bits per heavy atom. The number of amides is 2. The number of carbonyl (C=O) groups excluding carboxylic acids is 2. The van der Waals surface area contributed by atoms with E-state index in [4.69, 9.17) is 27.9 Å². The van der Waals surface area contributed by atoms with Crippen LogP contribution < -0.4 is 14.4 Å². The van der Waals surface area contributed by atoms with Gasteiger partial charge in [-0.3, -0.25) is 13.9 Å². The van der Waals surface area contributed by atoms with E-state index < -0.39 is 28.5 Å². The quantitative estimate of drug-likeness (QED) is 0.262. The summed E-state index contributed by atoms with van der Waals surface area (Å²) in [4.78, 5) is 28.8. The number of rotatable bonds is 13. The van der Waals surface area contributed by atoms with E-state index in [-0.39, 0.29) is 34.0 Å². The summed E-state index contributed by atoms with van der Waals surface area (Å²) in [6.45, 7) is 5.71. The second kappa shape index (κ2) is 14.6. The molecule has 0 unspecified atom stereocenters. The Labute approximate surface area is 252 Å². The number of anilines is 1. The van der Waals surface area contributed by atoms with Crippen LogP contribution in [0.1, 0.15) is 32.8 Å². The van der Waals surface area contributed by atoms with Gasteiger partial charge in [-0.15, -0.1) is 0 Å². The van der Waals surface area contributed by atoms with Gasteiger partial charge in [0.25, 0.3) is 10.0 Å². The topological polar surface area (TPSA) is 96.0 Å². The third-order valence-electron chi connectivity index (χ3n) is 6.37. The van der Waals surface area contributed by atoms with Gasteiger partial charge in [0.1, 0.15) is 18.3 Å². The molecule has 0 fully saturated rings. The minimum absolute atomic E-state index is 0.00529. The minimum atomic E-state index is -4.20. The van der Waals surface area contributed by atoms with Crippen LogP contribution in [0.4, 0.5) is 5.69 Å². The number of ether oxygens (including phenoxy) is 1. The first kappa shape index (κ1) is 32.2. The molecule has 0 aliphatic heterocycles. The van der Waals surface area contributed by atoms with Gasteiger partial charge in [-0.05, 0) is 60.4 Å². The number of hydrogen-bond acceptors (Lipinski definition) is 5. The highest BCUT2D eigenvalue weighted by Gasteiger charge is 2.34. The summed E-state index contributed by atoms with van der Waals surface area (Å²) in [6, 6.07) is 18.4. The van der Waals surface area contributed by atoms with E-state index in [0.717, 1.165) is 9.87 Å². The molecule has 41 heavy (non-hydrogen) atoms. The van der Waals surface area contributed by atoms with Crippen molar-refractivity contribution in [3.8, 4) is 5.75 Å². The number of halogens is 2. The molecular formula is C30H35Cl2N3O5S. The summed E-state index contributed by atoms with van der Waals surface area (Å²) in [7, 11) is -2.75. The molecule has 3 rings (SSSR count). The Morgan fingerprint density at radius 1 is 0.976 bits per heavy atom. The zero-order valence-electron chi connectivity index (χ0n) is 23.5. The average molecular weight is 621 g/mol. The highest BCUT2D eigenvalue weighted by atomic mass is 35.5. The molecule has 0 saturated heterocycles. The molecule has 0 saturated carbocycles. The van der Waals surface area contributed by atoms with Crippen molar-refractivity contribution in [1.29, 1.82) is 0 Å². The lowest BCUT2D eigenvalue weighted by Gasteiger charge is -2.33. The molecule has 11 heteroatoms. The Kier molecular flexibility index (Phi) is 11.5. The standard InChI is InChI=1S/C30H35Cl2N3O5S/c1-5-27(30(37)33-18-21(2)3)34(19-22-11-13-23(31)14-12-22)29(36)20-35(24-15-16-28(40-4)26(32)17-24)41(38,39)25-9-7-6-8-10-25/h6-17,21,27H,5,18-20H2,1-4H3,(H,33,37)/t27-/m0/s1. The summed E-state index contributed by atoms with van der Waals surface area (Å²) in [5.41, 5.74) is 0.916. The zero-order valence-corrected chi connectivity index (χ0v) is 25.8. The van der Waals surface area contributed by atoms with E-state index in [1.54, 1.807) is 42.5 Å². The molecule has 0 spiro atoms. The molecule has 0 heterocycles. The van der Waals surface area contributed by atoms with Gasteiger partial charge < -0.3 is 15.0 Å². The number of carbonyl (C=O) groups is 2. The first-order valence-electron chi connectivity index (χ1n) is 13.2. The maximum absolute atomic E-state index is 14.1. The molecule has 2 amide bonds. The highest BCUT2D eigenvalue weighted by molar-refractivity contribution is 7.92. The van der Waals surface area contributed by atoms with Crippen molar-refractivity contribution < 1.29 is 22.7 Å². The molecule has 220 valence electrons. The normalized spacial score (nSPS) is 12.1. The number of sulfonamides is 1. The first-order chi connectivity index (χ1) is 19.5. The van der Waals surface area contributed by atoms with Crippen LogP contribution in [-0.2, 0) is 26.2 Å². The first-order valence-corrected chi connectivity index (χ1v) is 15.4. The number of benzene rings is 3. The summed E-state index contributed by atoms with van der Waals surface area (Å²) in [5, 5.41) is 3.62. The van der Waals surface area contributed by atoms with Crippen molar-refractivity contribution >= 4 is 50.7 Å². The van der Waals surface area contributed by atoms with Gasteiger partial charge >= 0.3 is 0 Å². The highest BCUT2D eigenvalue weighted by Crippen LogP contribution is 2.32. The lowest BCUT2D eigenvalue weighted by molar-refractivity contribution is -0.140. The molecule has 0 aliphatic rings. The summed E-state index contributed by atoms with van der Waals surface area (Å²) < 4.78 is 34.0. The summed E-state index contributed by atoms with van der Waals surface area (Å²) >= 11 is 12.4. The van der Waals surface area contributed by atoms with Crippen LogP contribution in [0.25, 0.3) is 0 Å². The third-order valence-corrected chi connectivity index (χ3v) is 8.71. The van der Waals surface area contributed by atoms with E-state index in [9.17, 15) is 18.0 Å². The number of nitrogens with zero attached hydrogens (tertiary/aromatic N) is 2. The van der Waals surface area contributed by atoms with Crippen LogP contribution in [0.2, 0.25) is 10.0 Å². The third kappa shape index (κ3) is 8.38. The van der Waals surface area contributed by atoms with Gasteiger partial charge in [0, 0.05) is 18.1 Å². The minimum Gasteiger partial charge on any atom is -0.495 e. The van der Waals surface area contributed by atoms with Crippen LogP contribution in [0.15, 0.2) is 77.7 Å². The zero-order chi connectivity index (χ0) is 30.2. The average Bonchev–Trinajstić information content (AvgIpc) is 2.95. The second-order valence-electron chi connectivity index (χ2n) is 9.85. The van der Waals surface area contributed by atoms with Gasteiger partial charge in [0.05, 0.1) is 22.7 Å². The number of methoxy groups -OCH3 is 1. The lowest BCUT2D eigenvalue weighted by Crippen LogP contribution is -2.52. The molecule has 3 aromatic rings. The summed E-state index contributed by atoms with van der Waals surface area (Å²) in [5.74, 6) is -0.300. The Morgan fingerprint density at radius 2 is 1.63 bits per heavy atom. The van der Waals surface area contributed by atoms with Crippen molar-refractivity contribution in [3.63, 3.8) is 0 Å². The summed E-state index contributed by atoms with van der Waals surface area (Å²) in [6.07, 6.45) is 0.322. The lowest BCUT2D eigenvalue weighted by atomic mass is 10.1. The van der Waals surface area contributed by atoms with Crippen LogP contribution in [0, 0.1) is 5.92 Å². The molecule has 0 aromatic heterocycles. The van der Waals surface area contributed by atoms with E-state index >= 15 is 0 Å². The maximum atomic E-state index is 14.1. The SMILES string of the molecule is CC[C@@H](C(=O)NCC(C)C)N(Cc1ccc(Cl)cc1)C(=O)CN(c1ccc(OC)c(Cl)c1)S(=O)(=O)c1ccccc1. The monoisotopic (exact) mass is 619 g/mol. The molecule has 0 radical (unpaired) electrons. The van der Waals surface area contributed by atoms with Gasteiger partial charge in [-0.2, -0.15) is 0 Å². The predicted molar refractivity (Wildman–Crippen MR) is 163 cm³/mol. The van der Waals surface area contributed by atoms with Crippen molar-refractivity contribution in [3.05, 3.63) is 88.4 Å². The van der Waals surface area contributed by atoms with E-state index in [2.05, 4.69) is 5.32 Å². The molecule has 0 bridgehead atoms. The fraction of sp³-hybridized carbons (Fsp3) is 0.333. The molecule has 3 aromatic carbocycles. The number of hydrogen-bond donors (Lipinski definition) is 1. The van der Waals surface area contributed by atoms with Crippen LogP contribution >= 0.6 is 23.2 Å². The Hall–Kier alpha value is -3.27. The smallest absolute Gasteiger partial charge is 0.264 e. The van der Waals surface area contributed by atoms with Gasteiger partial charge in [0.2, 0.25) is 11.8 Å². The fourth-order valence-corrected chi connectivity index (χ4v) is 5.99. The van der Waals surface area contributed by atoms with Crippen LogP contribution in [0.3, 0.4) is 0 Å². The van der Waals surface area contributed by atoms with E-state index in [0.29, 0.717) is 23.7 Å². The largest absolute Gasteiger partial charge is 0.495 e. The van der Waals surface area contributed by atoms with Gasteiger partial charge in [-0.25, -0.2) is 8.42 Å². The molecule has 8 nitrogen and oxygen atoms in total. The molecule has 0 aliphatic carbocycles. The van der Waals surface area contributed by atoms with Crippen molar-refractivity contribution in [2.45, 2.75) is 44.7 Å². The number of nitrogens with one attached hydrogen (secondary N) is 1. The van der Waals surface area contributed by atoms with Crippen molar-refractivity contribution in [2.24, 2.45) is 5.92 Å². The van der Waals surface area contributed by atoms with Gasteiger partial charge in [0.15, 0.2) is 0 Å². The Bertz CT molecular complexity index is 1430. The molecule has 1 atom stereocenters. The van der Waals surface area contributed by atoms with E-state index in [1.807, 2.05) is 20.8 Å².